The van der Waals surface area contributed by atoms with Crippen molar-refractivity contribution in [2.75, 3.05) is 7.11 Å². The number of aromatic amines is 1. The lowest BCUT2D eigenvalue weighted by Crippen LogP contribution is -1.90. The second-order valence-electron chi connectivity index (χ2n) is 7.22. The molecule has 3 aromatic carbocycles. The van der Waals surface area contributed by atoms with Gasteiger partial charge in [0.2, 0.25) is 0 Å². The van der Waals surface area contributed by atoms with Gasteiger partial charge >= 0.3 is 0 Å². The lowest BCUT2D eigenvalue weighted by atomic mass is 10.0. The van der Waals surface area contributed by atoms with Crippen molar-refractivity contribution in [3.8, 4) is 28.3 Å². The van der Waals surface area contributed by atoms with Gasteiger partial charge in [0, 0.05) is 11.8 Å². The number of rotatable bonds is 5. The van der Waals surface area contributed by atoms with Crippen molar-refractivity contribution in [2.24, 2.45) is 0 Å². The first-order chi connectivity index (χ1) is 14.8. The van der Waals surface area contributed by atoms with Crippen LogP contribution in [0.2, 0.25) is 0 Å². The van der Waals surface area contributed by atoms with Crippen LogP contribution in [0.25, 0.3) is 33.7 Å². The Labute approximate surface area is 175 Å². The fraction of sp³-hybridized carbons (Fsp3) is 0.0769. The van der Waals surface area contributed by atoms with Crippen molar-refractivity contribution in [3.63, 3.8) is 0 Å². The van der Waals surface area contributed by atoms with Gasteiger partial charge < -0.3 is 9.72 Å². The number of nitrogens with zero attached hydrogens (tertiary/aromatic N) is 2. The van der Waals surface area contributed by atoms with E-state index in [0.717, 1.165) is 45.8 Å². The Morgan fingerprint density at radius 1 is 0.767 bits per heavy atom. The van der Waals surface area contributed by atoms with Crippen LogP contribution in [0.1, 0.15) is 11.1 Å². The smallest absolute Gasteiger partial charge is 0.178 e. The minimum absolute atomic E-state index is 0.748. The summed E-state index contributed by atoms with van der Waals surface area (Å²) in [4.78, 5) is 12.7. The normalized spacial score (nSPS) is 11.0. The average Bonchev–Trinajstić information content (AvgIpc) is 3.25. The van der Waals surface area contributed by atoms with Gasteiger partial charge in [-0.1, -0.05) is 66.7 Å². The number of ether oxygens (including phenoxy) is 1. The number of fused-ring (bicyclic) bond motifs is 1. The van der Waals surface area contributed by atoms with Gasteiger partial charge in [-0.2, -0.15) is 0 Å². The summed E-state index contributed by atoms with van der Waals surface area (Å²) in [5.74, 6) is 1.69. The summed E-state index contributed by atoms with van der Waals surface area (Å²) < 4.78 is 5.24. The first-order valence-corrected chi connectivity index (χ1v) is 9.92. The van der Waals surface area contributed by atoms with Crippen molar-refractivity contribution >= 4 is 11.2 Å². The van der Waals surface area contributed by atoms with Gasteiger partial charge in [0.15, 0.2) is 5.65 Å². The van der Waals surface area contributed by atoms with Crippen LogP contribution in [0, 0.1) is 0 Å². The number of hydrogen-bond acceptors (Lipinski definition) is 3. The molecule has 0 saturated carbocycles. The Kier molecular flexibility index (Phi) is 4.74. The standard InChI is InChI=1S/C26H21N3O/c1-30-23-13-11-20(12-14-23)19-7-9-21(10-8-19)25-28-24-22(15-16-27-26(24)29-25)17-18-5-3-2-4-6-18/h2-16H,17H2,1H3,(H,27,28,29). The maximum atomic E-state index is 5.24. The number of H-pyrrole nitrogens is 1. The van der Waals surface area contributed by atoms with Crippen LogP contribution in [0.15, 0.2) is 91.1 Å². The molecule has 0 atom stereocenters. The highest BCUT2D eigenvalue weighted by Crippen LogP contribution is 2.27. The van der Waals surface area contributed by atoms with Crippen LogP contribution in [0.5, 0.6) is 5.75 Å². The Hall–Kier alpha value is -3.92. The van der Waals surface area contributed by atoms with Crippen molar-refractivity contribution in [1.29, 1.82) is 0 Å². The first-order valence-electron chi connectivity index (χ1n) is 9.92. The molecule has 0 unspecified atom stereocenters. The molecule has 0 bridgehead atoms. The molecule has 0 aliphatic rings. The fourth-order valence-electron chi connectivity index (χ4n) is 3.67. The van der Waals surface area contributed by atoms with E-state index in [9.17, 15) is 0 Å². The topological polar surface area (TPSA) is 50.8 Å². The molecule has 146 valence electrons. The molecule has 0 aliphatic carbocycles. The third kappa shape index (κ3) is 3.55. The molecule has 2 aromatic heterocycles. The molecule has 0 radical (unpaired) electrons. The lowest BCUT2D eigenvalue weighted by Gasteiger charge is -2.05. The minimum atomic E-state index is 0.748. The number of benzene rings is 3. The minimum Gasteiger partial charge on any atom is -0.497 e. The van der Waals surface area contributed by atoms with E-state index in [1.165, 1.54) is 11.1 Å². The molecule has 5 aromatic rings. The monoisotopic (exact) mass is 391 g/mol. The molecule has 5 rings (SSSR count). The number of imidazole rings is 1. The summed E-state index contributed by atoms with van der Waals surface area (Å²) in [6.45, 7) is 0. The highest BCUT2D eigenvalue weighted by molar-refractivity contribution is 5.80. The SMILES string of the molecule is COc1ccc(-c2ccc(-c3nc4nccc(Cc5ccccc5)c4[nH]3)cc2)cc1. The number of nitrogens with one attached hydrogen (secondary N) is 1. The second kappa shape index (κ2) is 7.84. The van der Waals surface area contributed by atoms with Crippen LogP contribution < -0.4 is 4.74 Å². The van der Waals surface area contributed by atoms with Crippen molar-refractivity contribution in [3.05, 3.63) is 102 Å². The Morgan fingerprint density at radius 2 is 1.43 bits per heavy atom. The molecule has 4 heteroatoms. The zero-order valence-corrected chi connectivity index (χ0v) is 16.7. The van der Waals surface area contributed by atoms with E-state index in [-0.39, 0.29) is 0 Å². The number of aromatic nitrogens is 3. The van der Waals surface area contributed by atoms with E-state index < -0.39 is 0 Å². The molecule has 0 fully saturated rings. The Morgan fingerprint density at radius 3 is 2.13 bits per heavy atom. The number of hydrogen-bond donors (Lipinski definition) is 1. The van der Waals surface area contributed by atoms with E-state index >= 15 is 0 Å². The summed E-state index contributed by atoms with van der Waals surface area (Å²) in [5.41, 5.74) is 7.55. The van der Waals surface area contributed by atoms with Gasteiger partial charge in [0.25, 0.3) is 0 Å². The van der Waals surface area contributed by atoms with Crippen LogP contribution >= 0.6 is 0 Å². The zero-order valence-electron chi connectivity index (χ0n) is 16.7. The molecule has 1 N–H and O–H groups in total. The van der Waals surface area contributed by atoms with Crippen molar-refractivity contribution in [2.45, 2.75) is 6.42 Å². The van der Waals surface area contributed by atoms with Gasteiger partial charge in [-0.15, -0.1) is 0 Å². The maximum absolute atomic E-state index is 5.24. The summed E-state index contributed by atoms with van der Waals surface area (Å²) in [6, 6.07) is 29.0. The molecule has 0 saturated heterocycles. The summed E-state index contributed by atoms with van der Waals surface area (Å²) >= 11 is 0. The van der Waals surface area contributed by atoms with Crippen LogP contribution in [-0.4, -0.2) is 22.1 Å². The van der Waals surface area contributed by atoms with Gasteiger partial charge in [-0.25, -0.2) is 9.97 Å². The highest BCUT2D eigenvalue weighted by Gasteiger charge is 2.11. The van der Waals surface area contributed by atoms with Crippen molar-refractivity contribution < 1.29 is 4.74 Å². The van der Waals surface area contributed by atoms with E-state index in [2.05, 4.69) is 76.7 Å². The van der Waals surface area contributed by atoms with Gasteiger partial charge in [0.05, 0.1) is 12.6 Å². The highest BCUT2D eigenvalue weighted by atomic mass is 16.5. The van der Waals surface area contributed by atoms with E-state index in [0.29, 0.717) is 0 Å². The number of methoxy groups -OCH3 is 1. The summed E-state index contributed by atoms with van der Waals surface area (Å²) in [5, 5.41) is 0. The quantitative estimate of drug-likeness (QED) is 0.406. The van der Waals surface area contributed by atoms with E-state index in [1.807, 2.05) is 24.4 Å². The largest absolute Gasteiger partial charge is 0.497 e. The van der Waals surface area contributed by atoms with Gasteiger partial charge in [0.1, 0.15) is 11.6 Å². The predicted octanol–water partition coefficient (Wildman–Crippen LogP) is 5.89. The molecule has 0 aliphatic heterocycles. The van der Waals surface area contributed by atoms with Gasteiger partial charge in [-0.3, -0.25) is 0 Å². The Balaban J connectivity index is 1.45. The molecule has 0 amide bonds. The molecule has 2 heterocycles. The summed E-state index contributed by atoms with van der Waals surface area (Å²) in [6.07, 6.45) is 2.68. The van der Waals surface area contributed by atoms with Crippen LogP contribution in [0.4, 0.5) is 0 Å². The molecular formula is C26H21N3O. The van der Waals surface area contributed by atoms with Crippen LogP contribution in [-0.2, 0) is 6.42 Å². The molecule has 4 nitrogen and oxygen atoms in total. The molecule has 0 spiro atoms. The summed E-state index contributed by atoms with van der Waals surface area (Å²) in [7, 11) is 1.68. The van der Waals surface area contributed by atoms with E-state index in [4.69, 9.17) is 9.72 Å². The fourth-order valence-corrected chi connectivity index (χ4v) is 3.67. The second-order valence-corrected chi connectivity index (χ2v) is 7.22. The number of pyridine rings is 1. The third-order valence-electron chi connectivity index (χ3n) is 5.30. The predicted molar refractivity (Wildman–Crippen MR) is 121 cm³/mol. The molecule has 30 heavy (non-hydrogen) atoms. The van der Waals surface area contributed by atoms with Gasteiger partial charge in [-0.05, 0) is 46.9 Å². The first kappa shape index (κ1) is 18.1. The molecular weight excluding hydrogens is 370 g/mol. The maximum Gasteiger partial charge on any atom is 0.178 e. The lowest BCUT2D eigenvalue weighted by molar-refractivity contribution is 0.415. The third-order valence-corrected chi connectivity index (χ3v) is 5.30. The van der Waals surface area contributed by atoms with Crippen molar-refractivity contribution in [1.82, 2.24) is 15.0 Å². The average molecular weight is 391 g/mol. The Bertz CT molecular complexity index is 1270. The van der Waals surface area contributed by atoms with Crippen LogP contribution in [0.3, 0.4) is 0 Å². The van der Waals surface area contributed by atoms with E-state index in [1.54, 1.807) is 7.11 Å². The zero-order chi connectivity index (χ0) is 20.3.